The van der Waals surface area contributed by atoms with Gasteiger partial charge in [0.1, 0.15) is 24.4 Å². The minimum absolute atomic E-state index is 0.115. The van der Waals surface area contributed by atoms with E-state index >= 15 is 0 Å². The Labute approximate surface area is 193 Å². The third-order valence-electron chi connectivity index (χ3n) is 5.46. The number of methoxy groups -OCH3 is 1. The molecule has 0 rings (SSSR count). The molecule has 0 radical (unpaired) electrons. The van der Waals surface area contributed by atoms with Crippen molar-refractivity contribution in [2.45, 2.75) is 95.5 Å². The Morgan fingerprint density at radius 1 is 0.938 bits per heavy atom. The monoisotopic (exact) mass is 462 g/mol. The molecule has 0 aromatic carbocycles. The van der Waals surface area contributed by atoms with Crippen LogP contribution in [0.3, 0.4) is 0 Å². The Balaban J connectivity index is 3.85. The summed E-state index contributed by atoms with van der Waals surface area (Å²) < 4.78 is 10.1. The van der Waals surface area contributed by atoms with Gasteiger partial charge in [-0.15, -0.1) is 0 Å². The molecular formula is C23H46N2O7. The fourth-order valence-electron chi connectivity index (χ4n) is 3.30. The first-order chi connectivity index (χ1) is 15.4. The number of ether oxygens (including phenoxy) is 2. The third-order valence-corrected chi connectivity index (χ3v) is 5.46. The van der Waals surface area contributed by atoms with Crippen LogP contribution in [0, 0.1) is 0 Å². The first-order valence-corrected chi connectivity index (χ1v) is 12.0. The van der Waals surface area contributed by atoms with Crippen molar-refractivity contribution < 1.29 is 34.4 Å². The van der Waals surface area contributed by atoms with E-state index in [1.807, 2.05) is 0 Å². The molecule has 190 valence electrons. The lowest BCUT2D eigenvalue weighted by molar-refractivity contribution is -0.143. The number of hydrogen-bond acceptors (Lipinski definition) is 9. The molecule has 0 aliphatic carbocycles. The topological polar surface area (TPSA) is 137 Å². The molecule has 4 atom stereocenters. The van der Waals surface area contributed by atoms with E-state index in [0.29, 0.717) is 19.6 Å². The molecule has 0 saturated carbocycles. The number of esters is 1. The zero-order valence-corrected chi connectivity index (χ0v) is 20.2. The van der Waals surface area contributed by atoms with E-state index in [0.717, 1.165) is 32.1 Å². The molecule has 0 aromatic rings. The molecule has 0 saturated heterocycles. The number of likely N-dealkylation sites (N-methyl/N-ethyl adjacent to an activating group) is 1. The second-order valence-electron chi connectivity index (χ2n) is 8.20. The molecule has 9 heteroatoms. The summed E-state index contributed by atoms with van der Waals surface area (Å²) >= 11 is 0. The highest BCUT2D eigenvalue weighted by Gasteiger charge is 2.29. The summed E-state index contributed by atoms with van der Waals surface area (Å²) in [6.45, 7) is 2.95. The lowest BCUT2D eigenvalue weighted by Gasteiger charge is -2.22. The number of aliphatic hydroxyl groups excluding tert-OH is 3. The van der Waals surface area contributed by atoms with E-state index in [1.54, 1.807) is 7.05 Å². The van der Waals surface area contributed by atoms with Gasteiger partial charge in [0.05, 0.1) is 20.3 Å². The molecule has 0 aromatic heterocycles. The minimum Gasteiger partial charge on any atom is -0.468 e. The number of aliphatic hydroxyl groups is 3. The van der Waals surface area contributed by atoms with Crippen LogP contribution in [0.25, 0.3) is 0 Å². The summed E-state index contributed by atoms with van der Waals surface area (Å²) in [4.78, 5) is 23.5. The summed E-state index contributed by atoms with van der Waals surface area (Å²) in [6.07, 6.45) is 5.60. The van der Waals surface area contributed by atoms with Gasteiger partial charge >= 0.3 is 5.97 Å². The molecule has 32 heavy (non-hydrogen) atoms. The van der Waals surface area contributed by atoms with Crippen LogP contribution in [0.4, 0.5) is 0 Å². The second kappa shape index (κ2) is 20.5. The second-order valence-corrected chi connectivity index (χ2v) is 8.20. The smallest absolute Gasteiger partial charge is 0.322 e. The first kappa shape index (κ1) is 30.9. The van der Waals surface area contributed by atoms with Crippen LogP contribution in [0.15, 0.2) is 0 Å². The average molecular weight is 463 g/mol. The van der Waals surface area contributed by atoms with Gasteiger partial charge in [-0.1, -0.05) is 51.9 Å². The zero-order valence-electron chi connectivity index (χ0n) is 20.2. The minimum atomic E-state index is -1.67. The maximum absolute atomic E-state index is 12.0. The predicted octanol–water partition coefficient (Wildman–Crippen LogP) is 0.926. The standard InChI is InChI=1S/C23H46N2O7/c1-4-5-6-7-8-9-12-15-32-17-20(27)22(29)21(28)19(26)16-25-14-11-10-13-18(24-2)23(30)31-3/h18,20-22,24-25,27-29H,4-17H2,1-3H3. The van der Waals surface area contributed by atoms with Crippen molar-refractivity contribution in [3.05, 3.63) is 0 Å². The molecule has 5 N–H and O–H groups in total. The van der Waals surface area contributed by atoms with E-state index in [2.05, 4.69) is 17.6 Å². The molecule has 0 aliphatic heterocycles. The van der Waals surface area contributed by atoms with Crippen LogP contribution < -0.4 is 10.6 Å². The van der Waals surface area contributed by atoms with Crippen molar-refractivity contribution in [2.24, 2.45) is 0 Å². The number of unbranched alkanes of at least 4 members (excludes halogenated alkanes) is 7. The van der Waals surface area contributed by atoms with Gasteiger partial charge in [-0.25, -0.2) is 0 Å². The number of rotatable bonds is 22. The molecule has 4 unspecified atom stereocenters. The molecule has 0 spiro atoms. The Hall–Kier alpha value is -1.10. The van der Waals surface area contributed by atoms with E-state index in [9.17, 15) is 24.9 Å². The largest absolute Gasteiger partial charge is 0.468 e. The van der Waals surface area contributed by atoms with Crippen LogP contribution in [-0.2, 0) is 19.1 Å². The number of Topliss-reactive ketones (excluding diaryl/α,β-unsaturated/α-hetero) is 1. The van der Waals surface area contributed by atoms with Gasteiger partial charge in [-0.3, -0.25) is 9.59 Å². The highest BCUT2D eigenvalue weighted by Crippen LogP contribution is 2.08. The van der Waals surface area contributed by atoms with Gasteiger partial charge in [0.25, 0.3) is 0 Å². The summed E-state index contributed by atoms with van der Waals surface area (Å²) in [5.74, 6) is -0.899. The van der Waals surface area contributed by atoms with Crippen LogP contribution in [-0.4, -0.2) is 91.9 Å². The van der Waals surface area contributed by atoms with Crippen LogP contribution in [0.1, 0.15) is 71.1 Å². The zero-order chi connectivity index (χ0) is 24.2. The van der Waals surface area contributed by atoms with Gasteiger partial charge in [0.15, 0.2) is 5.78 Å². The quantitative estimate of drug-likeness (QED) is 0.117. The lowest BCUT2D eigenvalue weighted by Crippen LogP contribution is -2.47. The van der Waals surface area contributed by atoms with Gasteiger partial charge in [0, 0.05) is 6.61 Å². The Morgan fingerprint density at radius 3 is 2.22 bits per heavy atom. The highest BCUT2D eigenvalue weighted by molar-refractivity contribution is 5.85. The SMILES string of the molecule is CCCCCCCCCOCC(O)C(O)C(O)C(=O)CNCCCCC(NC)C(=O)OC. The number of carbonyl (C=O) groups excluding carboxylic acids is 2. The fourth-order valence-corrected chi connectivity index (χ4v) is 3.30. The van der Waals surface area contributed by atoms with Gasteiger partial charge in [-0.2, -0.15) is 0 Å². The fraction of sp³-hybridized carbons (Fsp3) is 0.913. The van der Waals surface area contributed by atoms with Gasteiger partial charge < -0.3 is 35.4 Å². The Kier molecular flexibility index (Phi) is 19.8. The van der Waals surface area contributed by atoms with Crippen molar-refractivity contribution >= 4 is 11.8 Å². The van der Waals surface area contributed by atoms with Crippen LogP contribution >= 0.6 is 0 Å². The molecule has 0 fully saturated rings. The first-order valence-electron chi connectivity index (χ1n) is 12.0. The summed E-state index contributed by atoms with van der Waals surface area (Å²) in [5, 5.41) is 35.8. The van der Waals surface area contributed by atoms with Crippen molar-refractivity contribution in [1.29, 1.82) is 0 Å². The average Bonchev–Trinajstić information content (AvgIpc) is 2.80. The molecule has 0 heterocycles. The lowest BCUT2D eigenvalue weighted by atomic mass is 10.0. The van der Waals surface area contributed by atoms with Gasteiger partial charge in [-0.05, 0) is 32.9 Å². The summed E-state index contributed by atoms with van der Waals surface area (Å²) in [6, 6.07) is -0.354. The summed E-state index contributed by atoms with van der Waals surface area (Å²) in [7, 11) is 3.04. The molecule has 0 amide bonds. The maximum Gasteiger partial charge on any atom is 0.322 e. The maximum atomic E-state index is 12.0. The molecule has 9 nitrogen and oxygen atoms in total. The van der Waals surface area contributed by atoms with Crippen LogP contribution in [0.2, 0.25) is 0 Å². The van der Waals surface area contributed by atoms with Crippen molar-refractivity contribution in [3.8, 4) is 0 Å². The Morgan fingerprint density at radius 2 is 1.59 bits per heavy atom. The molecule has 0 aliphatic rings. The number of hydrogen-bond donors (Lipinski definition) is 5. The van der Waals surface area contributed by atoms with Crippen LogP contribution in [0.5, 0.6) is 0 Å². The van der Waals surface area contributed by atoms with E-state index in [4.69, 9.17) is 9.47 Å². The molecular weight excluding hydrogens is 416 g/mol. The number of carbonyl (C=O) groups is 2. The predicted molar refractivity (Wildman–Crippen MR) is 123 cm³/mol. The van der Waals surface area contributed by atoms with Crippen molar-refractivity contribution in [2.75, 3.05) is 40.5 Å². The normalized spacial score (nSPS) is 15.2. The van der Waals surface area contributed by atoms with Crippen molar-refractivity contribution in [1.82, 2.24) is 10.6 Å². The number of ketones is 1. The summed E-state index contributed by atoms with van der Waals surface area (Å²) in [5.41, 5.74) is 0. The van der Waals surface area contributed by atoms with E-state index in [1.165, 1.54) is 32.8 Å². The Bertz CT molecular complexity index is 479. The highest BCUT2D eigenvalue weighted by atomic mass is 16.5. The van der Waals surface area contributed by atoms with Crippen molar-refractivity contribution in [3.63, 3.8) is 0 Å². The van der Waals surface area contributed by atoms with E-state index in [-0.39, 0.29) is 25.2 Å². The third kappa shape index (κ3) is 14.9. The number of nitrogens with one attached hydrogen (secondary N) is 2. The van der Waals surface area contributed by atoms with Gasteiger partial charge in [0.2, 0.25) is 0 Å². The van der Waals surface area contributed by atoms with E-state index < -0.39 is 24.1 Å². The molecule has 0 bridgehead atoms.